The summed E-state index contributed by atoms with van der Waals surface area (Å²) in [6.45, 7) is 3.93. The van der Waals surface area contributed by atoms with Gasteiger partial charge in [-0.15, -0.1) is 0 Å². The number of carbonyl (C=O) groups is 3. The molecule has 8 heteroatoms. The van der Waals surface area contributed by atoms with Gasteiger partial charge in [-0.25, -0.2) is 4.79 Å². The van der Waals surface area contributed by atoms with Crippen LogP contribution >= 0.6 is 0 Å². The number of urea groups is 1. The number of rotatable bonds is 8. The fraction of sp³-hybridized carbons (Fsp3) is 0.324. The van der Waals surface area contributed by atoms with E-state index in [0.29, 0.717) is 48.8 Å². The number of piperidine rings is 1. The van der Waals surface area contributed by atoms with Crippen LogP contribution in [0.25, 0.3) is 0 Å². The van der Waals surface area contributed by atoms with Gasteiger partial charge in [0, 0.05) is 26.1 Å². The van der Waals surface area contributed by atoms with Crippen molar-refractivity contribution in [3.63, 3.8) is 0 Å². The smallest absolute Gasteiger partial charge is 0.322 e. The molecule has 6 rings (SSSR count). The maximum atomic E-state index is 14.4. The van der Waals surface area contributed by atoms with Crippen LogP contribution in [0.15, 0.2) is 96.2 Å². The molecule has 2 atom stereocenters. The SMILES string of the molecule is CCN1C(=O)NC(c2cccc(Oc3ccccc3)c2)C2=C1CN(C(Cc1ccccc1)C(=O)N1CCCCC1)C2=O. The summed E-state index contributed by atoms with van der Waals surface area (Å²) in [5, 5.41) is 3.06. The Labute approximate surface area is 246 Å². The van der Waals surface area contributed by atoms with Crippen molar-refractivity contribution in [3.8, 4) is 11.5 Å². The van der Waals surface area contributed by atoms with Crippen molar-refractivity contribution in [3.05, 3.63) is 107 Å². The minimum atomic E-state index is -0.661. The van der Waals surface area contributed by atoms with E-state index >= 15 is 0 Å². The number of likely N-dealkylation sites (N-methyl/N-ethyl adjacent to an activating group) is 1. The average molecular weight is 565 g/mol. The molecule has 0 aliphatic carbocycles. The minimum Gasteiger partial charge on any atom is -0.457 e. The summed E-state index contributed by atoms with van der Waals surface area (Å²) in [6, 6.07) is 25.2. The molecule has 2 unspecified atom stereocenters. The second-order valence-corrected chi connectivity index (χ2v) is 11.0. The first-order chi connectivity index (χ1) is 20.5. The zero-order valence-electron chi connectivity index (χ0n) is 23.9. The normalized spacial score (nSPS) is 19.5. The van der Waals surface area contributed by atoms with Crippen molar-refractivity contribution < 1.29 is 19.1 Å². The first-order valence-corrected chi connectivity index (χ1v) is 14.8. The van der Waals surface area contributed by atoms with Gasteiger partial charge >= 0.3 is 6.03 Å². The molecule has 3 aliphatic rings. The number of amides is 4. The third kappa shape index (κ3) is 5.49. The first kappa shape index (κ1) is 27.6. The molecule has 1 saturated heterocycles. The summed E-state index contributed by atoms with van der Waals surface area (Å²) in [7, 11) is 0. The lowest BCUT2D eigenvalue weighted by atomic mass is 9.95. The molecule has 0 spiro atoms. The summed E-state index contributed by atoms with van der Waals surface area (Å²) in [6.07, 6.45) is 3.47. The molecule has 3 aromatic rings. The molecule has 0 aromatic heterocycles. The highest BCUT2D eigenvalue weighted by atomic mass is 16.5. The molecular weight excluding hydrogens is 528 g/mol. The van der Waals surface area contributed by atoms with Crippen molar-refractivity contribution in [1.29, 1.82) is 0 Å². The molecule has 3 aromatic carbocycles. The van der Waals surface area contributed by atoms with Crippen LogP contribution in [-0.2, 0) is 16.0 Å². The van der Waals surface area contributed by atoms with Gasteiger partial charge in [0.05, 0.1) is 23.9 Å². The van der Waals surface area contributed by atoms with Crippen LogP contribution in [-0.4, -0.2) is 64.8 Å². The molecule has 42 heavy (non-hydrogen) atoms. The quantitative estimate of drug-likeness (QED) is 0.403. The van der Waals surface area contributed by atoms with Crippen LogP contribution in [0.3, 0.4) is 0 Å². The molecule has 1 N–H and O–H groups in total. The monoisotopic (exact) mass is 564 g/mol. The van der Waals surface area contributed by atoms with Crippen molar-refractivity contribution in [2.75, 3.05) is 26.2 Å². The number of nitrogens with one attached hydrogen (secondary N) is 1. The van der Waals surface area contributed by atoms with Crippen molar-refractivity contribution in [1.82, 2.24) is 20.0 Å². The maximum absolute atomic E-state index is 14.4. The van der Waals surface area contributed by atoms with Gasteiger partial charge in [-0.1, -0.05) is 60.7 Å². The third-order valence-electron chi connectivity index (χ3n) is 8.34. The van der Waals surface area contributed by atoms with Gasteiger partial charge in [0.1, 0.15) is 17.5 Å². The minimum absolute atomic E-state index is 0.0242. The molecule has 0 saturated carbocycles. The molecule has 216 valence electrons. The Hall–Kier alpha value is -4.59. The van der Waals surface area contributed by atoms with E-state index in [-0.39, 0.29) is 24.4 Å². The van der Waals surface area contributed by atoms with E-state index in [1.54, 1.807) is 9.80 Å². The van der Waals surface area contributed by atoms with E-state index in [1.807, 2.05) is 96.8 Å². The molecule has 0 bridgehead atoms. The highest BCUT2D eigenvalue weighted by Crippen LogP contribution is 2.39. The number of carbonyl (C=O) groups excluding carboxylic acids is 3. The van der Waals surface area contributed by atoms with Gasteiger partial charge in [-0.3, -0.25) is 14.5 Å². The van der Waals surface area contributed by atoms with Crippen molar-refractivity contribution >= 4 is 17.8 Å². The highest BCUT2D eigenvalue weighted by Gasteiger charge is 2.47. The number of hydrogen-bond donors (Lipinski definition) is 1. The number of likely N-dealkylation sites (tertiary alicyclic amines) is 1. The van der Waals surface area contributed by atoms with Crippen LogP contribution in [0.5, 0.6) is 11.5 Å². The zero-order valence-corrected chi connectivity index (χ0v) is 23.9. The lowest BCUT2D eigenvalue weighted by molar-refractivity contribution is -0.143. The highest BCUT2D eigenvalue weighted by molar-refractivity contribution is 6.03. The second kappa shape index (κ2) is 12.1. The molecular formula is C34H36N4O4. The Morgan fingerprint density at radius 1 is 0.905 bits per heavy atom. The topological polar surface area (TPSA) is 82.2 Å². The fourth-order valence-corrected chi connectivity index (χ4v) is 6.23. The van der Waals surface area contributed by atoms with Crippen molar-refractivity contribution in [2.45, 2.75) is 44.7 Å². The molecule has 3 aliphatic heterocycles. The summed E-state index contributed by atoms with van der Waals surface area (Å²) in [4.78, 5) is 46.9. The van der Waals surface area contributed by atoms with E-state index < -0.39 is 12.1 Å². The Morgan fingerprint density at radius 3 is 2.31 bits per heavy atom. The summed E-state index contributed by atoms with van der Waals surface area (Å²) in [5.41, 5.74) is 2.92. The average Bonchev–Trinajstić information content (AvgIpc) is 3.37. The van der Waals surface area contributed by atoms with Gasteiger partial charge < -0.3 is 19.9 Å². The first-order valence-electron chi connectivity index (χ1n) is 14.8. The Kier molecular flexibility index (Phi) is 7.95. The van der Waals surface area contributed by atoms with Gasteiger partial charge in [-0.05, 0) is 61.6 Å². The van der Waals surface area contributed by atoms with Crippen LogP contribution in [0.2, 0.25) is 0 Å². The Morgan fingerprint density at radius 2 is 1.60 bits per heavy atom. The van der Waals surface area contributed by atoms with E-state index in [9.17, 15) is 14.4 Å². The van der Waals surface area contributed by atoms with E-state index in [0.717, 1.165) is 30.4 Å². The molecule has 3 heterocycles. The molecule has 1 fully saturated rings. The van der Waals surface area contributed by atoms with Crippen LogP contribution in [0.4, 0.5) is 4.79 Å². The number of ether oxygens (including phenoxy) is 1. The van der Waals surface area contributed by atoms with Crippen LogP contribution in [0.1, 0.15) is 43.4 Å². The predicted molar refractivity (Wildman–Crippen MR) is 160 cm³/mol. The van der Waals surface area contributed by atoms with E-state index in [1.165, 1.54) is 0 Å². The number of para-hydroxylation sites is 1. The lowest BCUT2D eigenvalue weighted by Gasteiger charge is -2.35. The fourth-order valence-electron chi connectivity index (χ4n) is 6.23. The number of benzene rings is 3. The largest absolute Gasteiger partial charge is 0.457 e. The Bertz CT molecular complexity index is 1480. The molecule has 4 amide bonds. The zero-order chi connectivity index (χ0) is 29.1. The number of nitrogens with zero attached hydrogens (tertiary/aromatic N) is 3. The third-order valence-corrected chi connectivity index (χ3v) is 8.34. The number of hydrogen-bond acceptors (Lipinski definition) is 4. The van der Waals surface area contributed by atoms with Gasteiger partial charge in [0.15, 0.2) is 0 Å². The second-order valence-electron chi connectivity index (χ2n) is 11.0. The van der Waals surface area contributed by atoms with E-state index in [4.69, 9.17) is 4.74 Å². The molecule has 8 nitrogen and oxygen atoms in total. The predicted octanol–water partition coefficient (Wildman–Crippen LogP) is 5.29. The van der Waals surface area contributed by atoms with Crippen molar-refractivity contribution in [2.24, 2.45) is 0 Å². The molecule has 0 radical (unpaired) electrons. The van der Waals surface area contributed by atoms with Gasteiger partial charge in [-0.2, -0.15) is 0 Å². The summed E-state index contributed by atoms with van der Waals surface area (Å²) < 4.78 is 6.06. The van der Waals surface area contributed by atoms with Crippen LogP contribution in [0, 0.1) is 0 Å². The standard InChI is InChI=1S/C34H36N4O4/c1-2-37-29-23-38(28(21-24-13-6-3-7-14-24)32(39)36-19-10-5-11-20-36)33(40)30(29)31(35-34(37)41)25-15-12-18-27(22-25)42-26-16-8-4-9-17-26/h3-4,6-9,12-18,22,28,31H,2,5,10-11,19-21,23H2,1H3,(H,35,41). The van der Waals surface area contributed by atoms with Crippen LogP contribution < -0.4 is 10.1 Å². The van der Waals surface area contributed by atoms with Gasteiger partial charge in [0.25, 0.3) is 5.91 Å². The summed E-state index contributed by atoms with van der Waals surface area (Å²) >= 11 is 0. The maximum Gasteiger partial charge on any atom is 0.322 e. The van der Waals surface area contributed by atoms with E-state index in [2.05, 4.69) is 5.32 Å². The summed E-state index contributed by atoms with van der Waals surface area (Å²) in [5.74, 6) is 1.07. The van der Waals surface area contributed by atoms with Gasteiger partial charge in [0.2, 0.25) is 5.91 Å². The Balaban J connectivity index is 1.34. The lowest BCUT2D eigenvalue weighted by Crippen LogP contribution is -2.52.